The summed E-state index contributed by atoms with van der Waals surface area (Å²) in [5.41, 5.74) is 1.08. The van der Waals surface area contributed by atoms with Crippen LogP contribution in [0.3, 0.4) is 0 Å². The van der Waals surface area contributed by atoms with Gasteiger partial charge in [0.05, 0.1) is 24.4 Å². The molecule has 0 saturated heterocycles. The first-order valence-electron chi connectivity index (χ1n) is 9.01. The maximum atomic E-state index is 12.7. The van der Waals surface area contributed by atoms with E-state index in [4.69, 9.17) is 0 Å². The van der Waals surface area contributed by atoms with Gasteiger partial charge in [-0.05, 0) is 25.7 Å². The molecule has 1 saturated carbocycles. The Kier molecular flexibility index (Phi) is 4.40. The highest BCUT2D eigenvalue weighted by Crippen LogP contribution is 2.28. The summed E-state index contributed by atoms with van der Waals surface area (Å²) in [6.45, 7) is 3.95. The van der Waals surface area contributed by atoms with Crippen molar-refractivity contribution in [2.45, 2.75) is 38.8 Å². The average molecular weight is 354 g/mol. The molecule has 4 rings (SSSR count). The van der Waals surface area contributed by atoms with E-state index in [9.17, 15) is 9.59 Å². The van der Waals surface area contributed by atoms with Crippen molar-refractivity contribution in [2.75, 3.05) is 13.1 Å². The maximum absolute atomic E-state index is 12.7. The van der Waals surface area contributed by atoms with E-state index in [-0.39, 0.29) is 24.3 Å². The second-order valence-corrected chi connectivity index (χ2v) is 6.97. The summed E-state index contributed by atoms with van der Waals surface area (Å²) >= 11 is 0. The number of aromatic nitrogens is 4. The average Bonchev–Trinajstić information content (AvgIpc) is 3.39. The number of nitrogens with zero attached hydrogens (tertiary/aromatic N) is 5. The van der Waals surface area contributed by atoms with E-state index in [0.29, 0.717) is 24.7 Å². The lowest BCUT2D eigenvalue weighted by molar-refractivity contribution is -0.120. The fraction of sp³-hybridized carbons (Fsp3) is 0.500. The van der Waals surface area contributed by atoms with Gasteiger partial charge in [0.15, 0.2) is 0 Å². The lowest BCUT2D eigenvalue weighted by Gasteiger charge is -2.33. The van der Waals surface area contributed by atoms with E-state index < -0.39 is 0 Å². The van der Waals surface area contributed by atoms with E-state index in [1.807, 2.05) is 17.7 Å². The van der Waals surface area contributed by atoms with Crippen LogP contribution in [-0.4, -0.2) is 49.3 Å². The van der Waals surface area contributed by atoms with E-state index in [0.717, 1.165) is 18.1 Å². The Morgan fingerprint density at radius 3 is 2.85 bits per heavy atom. The van der Waals surface area contributed by atoms with Crippen LogP contribution >= 0.6 is 0 Å². The zero-order valence-electron chi connectivity index (χ0n) is 14.8. The van der Waals surface area contributed by atoms with Gasteiger partial charge in [-0.2, -0.15) is 0 Å². The molecular formula is C18H22N6O2. The third-order valence-electron chi connectivity index (χ3n) is 4.95. The molecule has 1 atom stereocenters. The maximum Gasteiger partial charge on any atom is 0.274 e. The molecule has 8 heteroatoms. The van der Waals surface area contributed by atoms with Crippen molar-refractivity contribution in [3.8, 4) is 0 Å². The molecule has 2 amide bonds. The first kappa shape index (κ1) is 16.7. The second-order valence-electron chi connectivity index (χ2n) is 6.97. The molecule has 2 aromatic rings. The molecule has 0 aromatic carbocycles. The fourth-order valence-corrected chi connectivity index (χ4v) is 3.27. The normalized spacial score (nSPS) is 19.1. The summed E-state index contributed by atoms with van der Waals surface area (Å²) in [6.07, 6.45) is 9.17. The Balaban J connectivity index is 1.44. The molecule has 0 unspecified atom stereocenters. The van der Waals surface area contributed by atoms with Crippen LogP contribution in [0.2, 0.25) is 0 Å². The fourth-order valence-electron chi connectivity index (χ4n) is 3.27. The predicted molar refractivity (Wildman–Crippen MR) is 93.1 cm³/mol. The van der Waals surface area contributed by atoms with Gasteiger partial charge in [0, 0.05) is 38.2 Å². The molecule has 0 radical (unpaired) electrons. The standard InChI is InChI=1S/C18H22N6O2/c1-12-17-22-14(8-16(25)21-9-13-2-3-13)11-23(17)6-7-24(12)18(26)15-10-19-4-5-20-15/h4-5,10-13H,2-3,6-9H2,1H3,(H,21,25)/t12-/m0/s1. The van der Waals surface area contributed by atoms with E-state index in [2.05, 4.69) is 20.3 Å². The van der Waals surface area contributed by atoms with Gasteiger partial charge in [-0.1, -0.05) is 0 Å². The van der Waals surface area contributed by atoms with Crippen molar-refractivity contribution in [2.24, 2.45) is 5.92 Å². The van der Waals surface area contributed by atoms with Gasteiger partial charge >= 0.3 is 0 Å². The molecule has 1 aliphatic carbocycles. The molecule has 0 bridgehead atoms. The molecular weight excluding hydrogens is 332 g/mol. The largest absolute Gasteiger partial charge is 0.355 e. The number of carbonyl (C=O) groups is 2. The van der Waals surface area contributed by atoms with Crippen LogP contribution in [0.4, 0.5) is 0 Å². The van der Waals surface area contributed by atoms with Crippen molar-refractivity contribution < 1.29 is 9.59 Å². The van der Waals surface area contributed by atoms with Crippen LogP contribution in [-0.2, 0) is 17.8 Å². The van der Waals surface area contributed by atoms with Crippen LogP contribution < -0.4 is 5.32 Å². The summed E-state index contributed by atoms with van der Waals surface area (Å²) in [5.74, 6) is 1.32. The first-order chi connectivity index (χ1) is 12.6. The Morgan fingerprint density at radius 2 is 2.12 bits per heavy atom. The summed E-state index contributed by atoms with van der Waals surface area (Å²) < 4.78 is 2.04. The minimum absolute atomic E-state index is 0.00694. The highest BCUT2D eigenvalue weighted by atomic mass is 16.2. The Morgan fingerprint density at radius 1 is 1.27 bits per heavy atom. The molecule has 0 spiro atoms. The van der Waals surface area contributed by atoms with Crippen molar-refractivity contribution in [1.82, 2.24) is 29.7 Å². The monoisotopic (exact) mass is 354 g/mol. The van der Waals surface area contributed by atoms with Gasteiger partial charge in [0.2, 0.25) is 5.91 Å². The lowest BCUT2D eigenvalue weighted by atomic mass is 10.2. The van der Waals surface area contributed by atoms with Crippen LogP contribution in [0, 0.1) is 5.92 Å². The van der Waals surface area contributed by atoms with E-state index >= 15 is 0 Å². The highest BCUT2D eigenvalue weighted by Gasteiger charge is 2.31. The van der Waals surface area contributed by atoms with Gasteiger partial charge in [0.1, 0.15) is 11.5 Å². The van der Waals surface area contributed by atoms with Crippen molar-refractivity contribution in [1.29, 1.82) is 0 Å². The van der Waals surface area contributed by atoms with Crippen molar-refractivity contribution >= 4 is 11.8 Å². The molecule has 2 aromatic heterocycles. The zero-order valence-corrected chi connectivity index (χ0v) is 14.8. The van der Waals surface area contributed by atoms with Gasteiger partial charge in [-0.3, -0.25) is 14.6 Å². The number of nitrogens with one attached hydrogen (secondary N) is 1. The molecule has 2 aliphatic rings. The third-order valence-corrected chi connectivity index (χ3v) is 4.95. The molecule has 136 valence electrons. The Bertz CT molecular complexity index is 814. The van der Waals surface area contributed by atoms with Gasteiger partial charge in [-0.15, -0.1) is 0 Å². The summed E-state index contributed by atoms with van der Waals surface area (Å²) in [7, 11) is 0. The molecule has 3 heterocycles. The topological polar surface area (TPSA) is 93.0 Å². The molecule has 8 nitrogen and oxygen atoms in total. The predicted octanol–water partition coefficient (Wildman–Crippen LogP) is 0.959. The molecule has 26 heavy (non-hydrogen) atoms. The smallest absolute Gasteiger partial charge is 0.274 e. The number of amides is 2. The van der Waals surface area contributed by atoms with Crippen LogP contribution in [0.25, 0.3) is 0 Å². The molecule has 1 N–H and O–H groups in total. The van der Waals surface area contributed by atoms with Crippen LogP contribution in [0.15, 0.2) is 24.8 Å². The Labute approximate surface area is 151 Å². The van der Waals surface area contributed by atoms with Crippen LogP contribution in [0.1, 0.15) is 47.8 Å². The van der Waals surface area contributed by atoms with Crippen LogP contribution in [0.5, 0.6) is 0 Å². The molecule has 1 fully saturated rings. The van der Waals surface area contributed by atoms with Gasteiger partial charge in [0.25, 0.3) is 5.91 Å². The molecule has 1 aliphatic heterocycles. The zero-order chi connectivity index (χ0) is 18.1. The number of fused-ring (bicyclic) bond motifs is 1. The Hall–Kier alpha value is -2.77. The van der Waals surface area contributed by atoms with E-state index in [1.165, 1.54) is 25.2 Å². The number of imidazole rings is 1. The quantitative estimate of drug-likeness (QED) is 0.863. The third kappa shape index (κ3) is 3.44. The number of hydrogen-bond acceptors (Lipinski definition) is 5. The summed E-state index contributed by atoms with van der Waals surface area (Å²) in [5, 5.41) is 2.97. The van der Waals surface area contributed by atoms with Crippen molar-refractivity contribution in [3.63, 3.8) is 0 Å². The second kappa shape index (κ2) is 6.86. The van der Waals surface area contributed by atoms with Gasteiger partial charge < -0.3 is 14.8 Å². The summed E-state index contributed by atoms with van der Waals surface area (Å²) in [6, 6.07) is -0.179. The number of rotatable bonds is 5. The minimum Gasteiger partial charge on any atom is -0.355 e. The lowest BCUT2D eigenvalue weighted by Crippen LogP contribution is -2.41. The summed E-state index contributed by atoms with van der Waals surface area (Å²) in [4.78, 5) is 39.2. The highest BCUT2D eigenvalue weighted by molar-refractivity contribution is 5.92. The number of hydrogen-bond donors (Lipinski definition) is 1. The SMILES string of the molecule is C[C@H]1c2nc(CC(=O)NCC3CC3)cn2CCN1C(=O)c1cnccn1. The van der Waals surface area contributed by atoms with Gasteiger partial charge in [-0.25, -0.2) is 9.97 Å². The van der Waals surface area contributed by atoms with E-state index in [1.54, 1.807) is 11.1 Å². The number of carbonyl (C=O) groups excluding carboxylic acids is 2. The minimum atomic E-state index is -0.179. The first-order valence-corrected chi connectivity index (χ1v) is 9.01. The van der Waals surface area contributed by atoms with Crippen molar-refractivity contribution in [3.05, 3.63) is 42.0 Å².